The molecular weight excluding hydrogens is 417 g/mol. The van der Waals surface area contributed by atoms with E-state index in [1.807, 2.05) is 0 Å². The van der Waals surface area contributed by atoms with Crippen molar-refractivity contribution in [2.24, 2.45) is 5.41 Å². The van der Waals surface area contributed by atoms with Gasteiger partial charge in [-0.3, -0.25) is 14.3 Å². The van der Waals surface area contributed by atoms with E-state index in [9.17, 15) is 28.6 Å². The first kappa shape index (κ1) is 16.0. The summed E-state index contributed by atoms with van der Waals surface area (Å²) in [4.78, 5) is 24.6. The fraction of sp³-hybridized carbons (Fsp3) is 0.667. The van der Waals surface area contributed by atoms with Crippen LogP contribution >= 0.6 is 22.6 Å². The molecule has 22 heavy (non-hydrogen) atoms. The molecular formula is C12H13F2IN2O5. The maximum atomic E-state index is 14.9. The third-order valence-electron chi connectivity index (χ3n) is 4.89. The van der Waals surface area contributed by atoms with Gasteiger partial charge in [-0.25, -0.2) is 9.18 Å². The second-order valence-electron chi connectivity index (χ2n) is 6.08. The summed E-state index contributed by atoms with van der Waals surface area (Å²) in [5.41, 5.74) is -8.06. The highest BCUT2D eigenvalue weighted by atomic mass is 127. The highest BCUT2D eigenvalue weighted by molar-refractivity contribution is 14.1. The minimum Gasteiger partial charge on any atom is -0.381 e. The van der Waals surface area contributed by atoms with Crippen molar-refractivity contribution in [3.63, 3.8) is 0 Å². The lowest BCUT2D eigenvalue weighted by Gasteiger charge is -2.31. The summed E-state index contributed by atoms with van der Waals surface area (Å²) in [6, 6.07) is 0. The van der Waals surface area contributed by atoms with Crippen molar-refractivity contribution in [3.05, 3.63) is 32.9 Å². The monoisotopic (exact) mass is 430 g/mol. The number of halogens is 3. The van der Waals surface area contributed by atoms with Crippen molar-refractivity contribution in [2.75, 3.05) is 4.43 Å². The lowest BCUT2D eigenvalue weighted by Crippen LogP contribution is -2.46. The summed E-state index contributed by atoms with van der Waals surface area (Å²) in [5.74, 6) is -3.91. The van der Waals surface area contributed by atoms with E-state index in [1.54, 1.807) is 27.6 Å². The van der Waals surface area contributed by atoms with Crippen molar-refractivity contribution in [1.29, 1.82) is 0 Å². The molecule has 122 valence electrons. The number of hydrogen-bond acceptors (Lipinski definition) is 5. The normalized spacial score (nSPS) is 42.2. The van der Waals surface area contributed by atoms with E-state index >= 15 is 0 Å². The van der Waals surface area contributed by atoms with Crippen LogP contribution in [0, 0.1) is 11.2 Å². The van der Waals surface area contributed by atoms with E-state index in [0.29, 0.717) is 10.8 Å². The smallest absolute Gasteiger partial charge is 0.330 e. The van der Waals surface area contributed by atoms with Crippen molar-refractivity contribution >= 4 is 22.6 Å². The molecule has 1 aliphatic heterocycles. The van der Waals surface area contributed by atoms with Crippen LogP contribution in [0.15, 0.2) is 15.8 Å². The largest absolute Gasteiger partial charge is 0.381 e. The first-order chi connectivity index (χ1) is 9.98. The Hall–Kier alpha value is -0.850. The van der Waals surface area contributed by atoms with Crippen LogP contribution in [-0.2, 0) is 4.74 Å². The number of nitrogens with zero attached hydrogens (tertiary/aromatic N) is 1. The first-order valence-electron chi connectivity index (χ1n) is 6.36. The lowest BCUT2D eigenvalue weighted by molar-refractivity contribution is -0.223. The Kier molecular flexibility index (Phi) is 3.03. The highest BCUT2D eigenvalue weighted by Gasteiger charge is 2.98. The first-order valence-corrected chi connectivity index (χ1v) is 7.89. The Morgan fingerprint density at radius 3 is 2.55 bits per heavy atom. The molecule has 2 heterocycles. The molecule has 3 N–H and O–H groups in total. The minimum absolute atomic E-state index is 0.315. The number of nitrogens with one attached hydrogen (secondary N) is 1. The van der Waals surface area contributed by atoms with Crippen LogP contribution in [0.5, 0.6) is 0 Å². The molecule has 1 aromatic rings. The molecule has 7 nitrogen and oxygen atoms in total. The summed E-state index contributed by atoms with van der Waals surface area (Å²) in [5, 5.41) is 21.3. The predicted molar refractivity (Wildman–Crippen MR) is 77.8 cm³/mol. The molecule has 4 atom stereocenters. The highest BCUT2D eigenvalue weighted by Crippen LogP contribution is 2.78. The third-order valence-corrected chi connectivity index (χ3v) is 5.87. The Balaban J connectivity index is 2.21. The Morgan fingerprint density at radius 1 is 1.45 bits per heavy atom. The predicted octanol–water partition coefficient (Wildman–Crippen LogP) is -0.193. The van der Waals surface area contributed by atoms with E-state index in [1.165, 1.54) is 13.8 Å². The molecule has 3 rings (SSSR count). The average Bonchev–Trinajstić information content (AvgIpc) is 2.70. The quantitative estimate of drug-likeness (QED) is 0.446. The Labute approximate surface area is 136 Å². The van der Waals surface area contributed by atoms with Crippen LogP contribution in [0.3, 0.4) is 0 Å². The summed E-state index contributed by atoms with van der Waals surface area (Å²) in [6.07, 6.45) is -1.15. The van der Waals surface area contributed by atoms with Gasteiger partial charge < -0.3 is 14.9 Å². The van der Waals surface area contributed by atoms with Crippen LogP contribution in [-0.4, -0.2) is 41.2 Å². The molecule has 0 unspecified atom stereocenters. The van der Waals surface area contributed by atoms with Gasteiger partial charge in [-0.05, 0) is 0 Å². The van der Waals surface area contributed by atoms with Gasteiger partial charge >= 0.3 is 5.69 Å². The number of rotatable bonds is 2. The van der Waals surface area contributed by atoms with E-state index < -0.39 is 45.8 Å². The third kappa shape index (κ3) is 1.40. The zero-order chi connectivity index (χ0) is 16.7. The fourth-order valence-corrected chi connectivity index (χ4v) is 4.20. The molecule has 2 fully saturated rings. The maximum Gasteiger partial charge on any atom is 0.330 e. The molecule has 2 aliphatic rings. The van der Waals surface area contributed by atoms with Crippen molar-refractivity contribution < 1.29 is 23.7 Å². The molecule has 1 saturated heterocycles. The van der Waals surface area contributed by atoms with Crippen molar-refractivity contribution in [2.45, 2.75) is 37.1 Å². The molecule has 0 amide bonds. The number of hydrogen-bond donors (Lipinski definition) is 3. The molecule has 1 aliphatic carbocycles. The van der Waals surface area contributed by atoms with E-state index in [0.717, 1.165) is 0 Å². The Bertz CT molecular complexity index is 780. The van der Waals surface area contributed by atoms with Crippen LogP contribution < -0.4 is 11.2 Å². The molecule has 1 saturated carbocycles. The number of fused-ring (bicyclic) bond motifs is 1. The standard InChI is InChI=1S/C12H13F2IN2O5/c1-9(2)11(20)7(22-10(14,4-15)12(9,11)21)17-3-5(13)6(18)16-8(17)19/h3,7,20-21H,4H2,1-2H3,(H,16,18,19)/t7-,10-,11-,12-/m1/s1. The fourth-order valence-electron chi connectivity index (χ4n) is 3.47. The molecule has 0 bridgehead atoms. The Morgan fingerprint density at radius 2 is 2.05 bits per heavy atom. The van der Waals surface area contributed by atoms with Gasteiger partial charge in [0.1, 0.15) is 0 Å². The van der Waals surface area contributed by atoms with Gasteiger partial charge in [0.05, 0.1) is 10.6 Å². The minimum atomic E-state index is -2.62. The van der Waals surface area contributed by atoms with E-state index in [4.69, 9.17) is 4.74 Å². The number of aliphatic hydroxyl groups is 2. The maximum absolute atomic E-state index is 14.9. The van der Waals surface area contributed by atoms with Crippen LogP contribution in [0.25, 0.3) is 0 Å². The number of alkyl halides is 2. The molecule has 0 spiro atoms. The zero-order valence-corrected chi connectivity index (χ0v) is 13.7. The van der Waals surface area contributed by atoms with Gasteiger partial charge in [0, 0.05) is 5.41 Å². The lowest BCUT2D eigenvalue weighted by atomic mass is 10.0. The summed E-state index contributed by atoms with van der Waals surface area (Å²) in [6.45, 7) is 2.83. The van der Waals surface area contributed by atoms with Crippen LogP contribution in [0.4, 0.5) is 8.78 Å². The van der Waals surface area contributed by atoms with Gasteiger partial charge in [0.2, 0.25) is 5.82 Å². The van der Waals surface area contributed by atoms with Crippen LogP contribution in [0.1, 0.15) is 20.1 Å². The zero-order valence-electron chi connectivity index (χ0n) is 11.6. The van der Waals surface area contributed by atoms with E-state index in [-0.39, 0.29) is 4.43 Å². The summed E-state index contributed by atoms with van der Waals surface area (Å²) in [7, 11) is 0. The average molecular weight is 430 g/mol. The summed E-state index contributed by atoms with van der Waals surface area (Å²) < 4.78 is 33.7. The molecule has 0 radical (unpaired) electrons. The van der Waals surface area contributed by atoms with Gasteiger partial charge in [-0.2, -0.15) is 4.39 Å². The van der Waals surface area contributed by atoms with E-state index in [2.05, 4.69) is 0 Å². The number of ether oxygens (including phenoxy) is 1. The SMILES string of the molecule is CC1(C)[C@@]2(O)[C@@](F)(CI)O[C@@H](n3cc(F)c(=O)[nH]c3=O)[C@@]12O. The van der Waals surface area contributed by atoms with Gasteiger partial charge in [0.15, 0.2) is 17.4 Å². The molecule has 1 aromatic heterocycles. The number of aromatic nitrogens is 2. The van der Waals surface area contributed by atoms with Gasteiger partial charge in [0.25, 0.3) is 11.4 Å². The second-order valence-corrected chi connectivity index (χ2v) is 6.84. The summed E-state index contributed by atoms with van der Waals surface area (Å²) >= 11 is 1.64. The molecule has 10 heteroatoms. The second kappa shape index (κ2) is 4.16. The van der Waals surface area contributed by atoms with Crippen LogP contribution in [0.2, 0.25) is 0 Å². The van der Waals surface area contributed by atoms with Crippen molar-refractivity contribution in [3.8, 4) is 0 Å². The number of H-pyrrole nitrogens is 1. The topological polar surface area (TPSA) is 105 Å². The molecule has 0 aromatic carbocycles. The van der Waals surface area contributed by atoms with Gasteiger partial charge in [-0.15, -0.1) is 0 Å². The van der Waals surface area contributed by atoms with Crippen molar-refractivity contribution in [1.82, 2.24) is 9.55 Å². The number of aromatic amines is 1. The van der Waals surface area contributed by atoms with Gasteiger partial charge in [-0.1, -0.05) is 36.4 Å².